The molecule has 5 heteroatoms. The summed E-state index contributed by atoms with van der Waals surface area (Å²) >= 11 is 4.16. The molecule has 0 atom stereocenters. The number of rotatable bonds is 7. The van der Waals surface area contributed by atoms with Crippen LogP contribution in [0.5, 0.6) is 0 Å². The third-order valence-corrected chi connectivity index (χ3v) is 2.26. The van der Waals surface area contributed by atoms with Crippen LogP contribution in [0.4, 0.5) is 0 Å². The molecule has 1 aromatic heterocycles. The molecule has 0 unspecified atom stereocenters. The zero-order chi connectivity index (χ0) is 9.36. The number of hydrogen-bond acceptors (Lipinski definition) is 4. The highest BCUT2D eigenvalue weighted by Crippen LogP contribution is 2.05. The second-order valence-corrected chi connectivity index (χ2v) is 3.52. The van der Waals surface area contributed by atoms with Crippen molar-refractivity contribution in [1.82, 2.24) is 20.6 Å². The van der Waals surface area contributed by atoms with Crippen molar-refractivity contribution >= 4 is 12.6 Å². The van der Waals surface area contributed by atoms with Crippen LogP contribution in [0.3, 0.4) is 0 Å². The van der Waals surface area contributed by atoms with Crippen LogP contribution in [-0.4, -0.2) is 26.4 Å². The van der Waals surface area contributed by atoms with Crippen molar-refractivity contribution in [1.29, 1.82) is 0 Å². The van der Waals surface area contributed by atoms with Crippen molar-refractivity contribution in [2.75, 3.05) is 5.75 Å². The summed E-state index contributed by atoms with van der Waals surface area (Å²) in [6.07, 6.45) is 7.16. The summed E-state index contributed by atoms with van der Waals surface area (Å²) < 4.78 is 0. The second kappa shape index (κ2) is 6.88. The van der Waals surface area contributed by atoms with Crippen molar-refractivity contribution in [3.05, 3.63) is 5.82 Å². The molecule has 0 saturated carbocycles. The maximum Gasteiger partial charge on any atom is 0.174 e. The van der Waals surface area contributed by atoms with Crippen LogP contribution >= 0.6 is 12.6 Å². The highest BCUT2D eigenvalue weighted by Gasteiger charge is 1.96. The lowest BCUT2D eigenvalue weighted by Crippen LogP contribution is -1.89. The van der Waals surface area contributed by atoms with Crippen molar-refractivity contribution in [2.45, 2.75) is 38.5 Å². The molecule has 0 aliphatic rings. The van der Waals surface area contributed by atoms with Gasteiger partial charge in [0.05, 0.1) is 0 Å². The lowest BCUT2D eigenvalue weighted by atomic mass is 10.1. The van der Waals surface area contributed by atoms with E-state index in [9.17, 15) is 0 Å². The van der Waals surface area contributed by atoms with Crippen LogP contribution in [0.25, 0.3) is 0 Å². The summed E-state index contributed by atoms with van der Waals surface area (Å²) in [4.78, 5) is 0. The number of H-pyrrole nitrogens is 1. The topological polar surface area (TPSA) is 54.5 Å². The Kier molecular flexibility index (Phi) is 5.56. The predicted molar refractivity (Wildman–Crippen MR) is 54.8 cm³/mol. The Hall–Kier alpha value is -0.580. The molecular formula is C8H16N4S. The molecule has 0 aliphatic carbocycles. The van der Waals surface area contributed by atoms with Gasteiger partial charge in [-0.15, -0.1) is 10.2 Å². The van der Waals surface area contributed by atoms with Gasteiger partial charge in [-0.05, 0) is 18.6 Å². The molecule has 0 aliphatic heterocycles. The lowest BCUT2D eigenvalue weighted by molar-refractivity contribution is 0.625. The van der Waals surface area contributed by atoms with Crippen LogP contribution in [-0.2, 0) is 6.42 Å². The molecule has 0 bridgehead atoms. The SMILES string of the molecule is SCCCCCCCc1nn[nH]n1. The molecule has 0 amide bonds. The van der Waals surface area contributed by atoms with Crippen LogP contribution in [0, 0.1) is 0 Å². The summed E-state index contributed by atoms with van der Waals surface area (Å²) in [5, 5.41) is 13.7. The molecular weight excluding hydrogens is 184 g/mol. The number of aromatic amines is 1. The fraction of sp³-hybridized carbons (Fsp3) is 0.875. The van der Waals surface area contributed by atoms with E-state index in [1.165, 1.54) is 25.7 Å². The molecule has 74 valence electrons. The minimum absolute atomic E-state index is 0.828. The van der Waals surface area contributed by atoms with Gasteiger partial charge in [-0.1, -0.05) is 24.5 Å². The van der Waals surface area contributed by atoms with Gasteiger partial charge >= 0.3 is 0 Å². The van der Waals surface area contributed by atoms with Gasteiger partial charge in [0.15, 0.2) is 5.82 Å². The molecule has 1 N–H and O–H groups in total. The smallest absolute Gasteiger partial charge is 0.174 e. The van der Waals surface area contributed by atoms with E-state index >= 15 is 0 Å². The van der Waals surface area contributed by atoms with Gasteiger partial charge < -0.3 is 0 Å². The maximum absolute atomic E-state index is 4.16. The molecule has 0 radical (unpaired) electrons. The molecule has 1 heterocycles. The lowest BCUT2D eigenvalue weighted by Gasteiger charge is -1.97. The summed E-state index contributed by atoms with van der Waals surface area (Å²) in [6.45, 7) is 0. The fourth-order valence-corrected chi connectivity index (χ4v) is 1.44. The van der Waals surface area contributed by atoms with Crippen LogP contribution < -0.4 is 0 Å². The van der Waals surface area contributed by atoms with E-state index < -0.39 is 0 Å². The monoisotopic (exact) mass is 200 g/mol. The average molecular weight is 200 g/mol. The van der Waals surface area contributed by atoms with Gasteiger partial charge in [-0.2, -0.15) is 17.8 Å². The van der Waals surface area contributed by atoms with Gasteiger partial charge in [0.2, 0.25) is 0 Å². The van der Waals surface area contributed by atoms with Crippen molar-refractivity contribution in [3.8, 4) is 0 Å². The number of thiol groups is 1. The zero-order valence-electron chi connectivity index (χ0n) is 7.74. The quantitative estimate of drug-likeness (QED) is 0.519. The first-order valence-corrected chi connectivity index (χ1v) is 5.40. The first kappa shape index (κ1) is 10.5. The Labute approximate surface area is 83.9 Å². The standard InChI is InChI=1S/C8H16N4S/c13-7-5-3-1-2-4-6-8-9-11-12-10-8/h13H,1-7H2,(H,9,10,11,12). The minimum atomic E-state index is 0.828. The largest absolute Gasteiger partial charge is 0.179 e. The summed E-state index contributed by atoms with van der Waals surface area (Å²) in [6, 6.07) is 0. The predicted octanol–water partition coefficient (Wildman–Crippen LogP) is 1.62. The van der Waals surface area contributed by atoms with E-state index in [1.54, 1.807) is 0 Å². The van der Waals surface area contributed by atoms with E-state index in [4.69, 9.17) is 0 Å². The molecule has 1 aromatic rings. The third-order valence-electron chi connectivity index (χ3n) is 1.95. The van der Waals surface area contributed by atoms with Gasteiger partial charge in [-0.3, -0.25) is 0 Å². The van der Waals surface area contributed by atoms with Crippen molar-refractivity contribution in [2.24, 2.45) is 0 Å². The zero-order valence-corrected chi connectivity index (χ0v) is 8.63. The summed E-state index contributed by atoms with van der Waals surface area (Å²) in [5.74, 6) is 1.83. The molecule has 4 nitrogen and oxygen atoms in total. The molecule has 0 aromatic carbocycles. The Bertz CT molecular complexity index is 200. The van der Waals surface area contributed by atoms with Crippen molar-refractivity contribution < 1.29 is 0 Å². The van der Waals surface area contributed by atoms with E-state index in [-0.39, 0.29) is 0 Å². The fourth-order valence-electron chi connectivity index (χ4n) is 1.21. The number of nitrogens with zero attached hydrogens (tertiary/aromatic N) is 3. The second-order valence-electron chi connectivity index (χ2n) is 3.07. The average Bonchev–Trinajstić information content (AvgIpc) is 2.63. The third kappa shape index (κ3) is 4.87. The maximum atomic E-state index is 4.16. The van der Waals surface area contributed by atoms with Gasteiger partial charge in [-0.25, -0.2) is 0 Å². The first-order valence-electron chi connectivity index (χ1n) is 4.76. The first-order chi connectivity index (χ1) is 6.43. The number of aryl methyl sites for hydroxylation is 1. The Morgan fingerprint density at radius 3 is 2.54 bits per heavy atom. The van der Waals surface area contributed by atoms with E-state index in [1.807, 2.05) is 0 Å². The van der Waals surface area contributed by atoms with Gasteiger partial charge in [0.1, 0.15) is 0 Å². The van der Waals surface area contributed by atoms with E-state index in [0.29, 0.717) is 0 Å². The molecule has 1 rings (SSSR count). The molecule has 0 spiro atoms. The highest BCUT2D eigenvalue weighted by molar-refractivity contribution is 7.80. The van der Waals surface area contributed by atoms with Gasteiger partial charge in [0.25, 0.3) is 0 Å². The van der Waals surface area contributed by atoms with Gasteiger partial charge in [0, 0.05) is 6.42 Å². The number of aromatic nitrogens is 4. The molecule has 13 heavy (non-hydrogen) atoms. The number of unbranched alkanes of at least 4 members (excludes halogenated alkanes) is 4. The number of hydrogen-bond donors (Lipinski definition) is 2. The van der Waals surface area contributed by atoms with E-state index in [0.717, 1.165) is 24.4 Å². The Balaban J connectivity index is 1.90. The Morgan fingerprint density at radius 2 is 1.85 bits per heavy atom. The van der Waals surface area contributed by atoms with Crippen LogP contribution in [0.1, 0.15) is 37.9 Å². The summed E-state index contributed by atoms with van der Waals surface area (Å²) in [7, 11) is 0. The molecule has 0 saturated heterocycles. The minimum Gasteiger partial charge on any atom is -0.179 e. The normalized spacial score (nSPS) is 10.5. The van der Waals surface area contributed by atoms with Crippen LogP contribution in [0.2, 0.25) is 0 Å². The Morgan fingerprint density at radius 1 is 1.08 bits per heavy atom. The van der Waals surface area contributed by atoms with Crippen molar-refractivity contribution in [3.63, 3.8) is 0 Å². The number of nitrogens with one attached hydrogen (secondary N) is 1. The summed E-state index contributed by atoms with van der Waals surface area (Å²) in [5.41, 5.74) is 0. The molecule has 0 fully saturated rings. The highest BCUT2D eigenvalue weighted by atomic mass is 32.1. The van der Waals surface area contributed by atoms with Crippen LogP contribution in [0.15, 0.2) is 0 Å². The van der Waals surface area contributed by atoms with E-state index in [2.05, 4.69) is 33.3 Å². The number of tetrazole rings is 1.